The fraction of sp³-hybridized carbons (Fsp3) is 0.632. The van der Waals surface area contributed by atoms with Gasteiger partial charge in [0.25, 0.3) is 0 Å². The molecule has 0 aromatic heterocycles. The molecule has 2 fully saturated rings. The fourth-order valence-electron chi connectivity index (χ4n) is 3.87. The maximum atomic E-state index is 12.3. The van der Waals surface area contributed by atoms with E-state index in [-0.39, 0.29) is 11.9 Å². The summed E-state index contributed by atoms with van der Waals surface area (Å²) in [5.41, 5.74) is 4.17. The van der Waals surface area contributed by atoms with Gasteiger partial charge in [0, 0.05) is 37.8 Å². The standard InChI is InChI=1S/C19H27N3O2/c1-24-18-10-14-4-2-3-13(14)9-15(18)11-22-8-7-20-17(12-22)19(23)21-16-5-6-16/h9-10,16-17,20H,2-8,11-12H2,1H3,(H,21,23)/t17-/m1/s1. The second-order valence-electron chi connectivity index (χ2n) is 7.31. The van der Waals surface area contributed by atoms with Crippen LogP contribution < -0.4 is 15.4 Å². The van der Waals surface area contributed by atoms with Gasteiger partial charge in [0.05, 0.1) is 13.2 Å². The third-order valence-electron chi connectivity index (χ3n) is 5.39. The van der Waals surface area contributed by atoms with Gasteiger partial charge in [0.15, 0.2) is 0 Å². The number of ether oxygens (including phenoxy) is 1. The van der Waals surface area contributed by atoms with Crippen LogP contribution in [-0.4, -0.2) is 49.6 Å². The molecule has 0 radical (unpaired) electrons. The fourth-order valence-corrected chi connectivity index (χ4v) is 3.87. The second-order valence-corrected chi connectivity index (χ2v) is 7.31. The summed E-state index contributed by atoms with van der Waals surface area (Å²) in [7, 11) is 1.75. The van der Waals surface area contributed by atoms with Crippen LogP contribution in [-0.2, 0) is 24.2 Å². The van der Waals surface area contributed by atoms with E-state index in [1.807, 2.05) is 0 Å². The van der Waals surface area contributed by atoms with Crippen molar-refractivity contribution in [3.05, 3.63) is 28.8 Å². The van der Waals surface area contributed by atoms with Crippen LogP contribution in [0, 0.1) is 0 Å². The molecule has 5 nitrogen and oxygen atoms in total. The summed E-state index contributed by atoms with van der Waals surface area (Å²) < 4.78 is 5.63. The maximum Gasteiger partial charge on any atom is 0.238 e. The van der Waals surface area contributed by atoms with Gasteiger partial charge in [-0.25, -0.2) is 0 Å². The summed E-state index contributed by atoms with van der Waals surface area (Å²) in [5.74, 6) is 1.15. The van der Waals surface area contributed by atoms with Crippen LogP contribution >= 0.6 is 0 Å². The van der Waals surface area contributed by atoms with Crippen LogP contribution in [0.15, 0.2) is 12.1 Å². The van der Waals surface area contributed by atoms with E-state index in [1.165, 1.54) is 36.0 Å². The van der Waals surface area contributed by atoms with Crippen molar-refractivity contribution in [2.24, 2.45) is 0 Å². The number of piperazine rings is 1. The van der Waals surface area contributed by atoms with Crippen LogP contribution in [0.1, 0.15) is 36.0 Å². The molecule has 1 saturated carbocycles. The highest BCUT2D eigenvalue weighted by molar-refractivity contribution is 5.82. The van der Waals surface area contributed by atoms with E-state index >= 15 is 0 Å². The summed E-state index contributed by atoms with van der Waals surface area (Å²) in [6.07, 6.45) is 5.87. The van der Waals surface area contributed by atoms with E-state index in [0.29, 0.717) is 6.04 Å². The van der Waals surface area contributed by atoms with Crippen molar-refractivity contribution in [2.75, 3.05) is 26.7 Å². The van der Waals surface area contributed by atoms with Gasteiger partial charge in [-0.2, -0.15) is 0 Å². The lowest BCUT2D eigenvalue weighted by Gasteiger charge is -2.33. The van der Waals surface area contributed by atoms with Crippen LogP contribution in [0.4, 0.5) is 0 Å². The Hall–Kier alpha value is -1.59. The Bertz CT molecular complexity index is 627. The van der Waals surface area contributed by atoms with Gasteiger partial charge in [-0.1, -0.05) is 6.07 Å². The monoisotopic (exact) mass is 329 g/mol. The molecule has 2 N–H and O–H groups in total. The van der Waals surface area contributed by atoms with Crippen LogP contribution in [0.3, 0.4) is 0 Å². The molecule has 1 atom stereocenters. The van der Waals surface area contributed by atoms with Crippen molar-refractivity contribution in [3.63, 3.8) is 0 Å². The van der Waals surface area contributed by atoms with Crippen molar-refractivity contribution in [2.45, 2.75) is 50.7 Å². The summed E-state index contributed by atoms with van der Waals surface area (Å²) in [4.78, 5) is 14.7. The van der Waals surface area contributed by atoms with Crippen molar-refractivity contribution >= 4 is 5.91 Å². The average molecular weight is 329 g/mol. The molecule has 1 aromatic carbocycles. The minimum Gasteiger partial charge on any atom is -0.496 e. The van der Waals surface area contributed by atoms with Gasteiger partial charge < -0.3 is 15.4 Å². The third kappa shape index (κ3) is 3.42. The molecule has 0 bridgehead atoms. The Labute approximate surface area is 143 Å². The molecule has 1 aliphatic heterocycles. The molecule has 0 unspecified atom stereocenters. The van der Waals surface area contributed by atoms with Crippen molar-refractivity contribution in [3.8, 4) is 5.75 Å². The Morgan fingerprint density at radius 1 is 1.33 bits per heavy atom. The Balaban J connectivity index is 1.43. The lowest BCUT2D eigenvalue weighted by atomic mass is 10.0. The van der Waals surface area contributed by atoms with Gasteiger partial charge >= 0.3 is 0 Å². The van der Waals surface area contributed by atoms with Gasteiger partial charge in [-0.05, 0) is 49.3 Å². The highest BCUT2D eigenvalue weighted by Gasteiger charge is 2.30. The van der Waals surface area contributed by atoms with E-state index in [2.05, 4.69) is 27.7 Å². The van der Waals surface area contributed by atoms with Crippen molar-refractivity contribution < 1.29 is 9.53 Å². The number of rotatable bonds is 5. The number of carbonyl (C=O) groups is 1. The normalized spacial score (nSPS) is 23.8. The van der Waals surface area contributed by atoms with Crippen LogP contribution in [0.2, 0.25) is 0 Å². The van der Waals surface area contributed by atoms with E-state index < -0.39 is 0 Å². The first kappa shape index (κ1) is 15.9. The first-order valence-corrected chi connectivity index (χ1v) is 9.17. The third-order valence-corrected chi connectivity index (χ3v) is 5.39. The molecule has 24 heavy (non-hydrogen) atoms. The zero-order chi connectivity index (χ0) is 16.5. The van der Waals surface area contributed by atoms with Gasteiger partial charge in [-0.15, -0.1) is 0 Å². The van der Waals surface area contributed by atoms with Crippen LogP contribution in [0.25, 0.3) is 0 Å². The summed E-state index contributed by atoms with van der Waals surface area (Å²) in [6.45, 7) is 3.44. The average Bonchev–Trinajstić information content (AvgIpc) is 3.29. The Kier molecular flexibility index (Phi) is 4.46. The maximum absolute atomic E-state index is 12.3. The van der Waals surface area contributed by atoms with E-state index in [0.717, 1.165) is 44.8 Å². The molecule has 1 heterocycles. The van der Waals surface area contributed by atoms with Gasteiger partial charge in [-0.3, -0.25) is 9.69 Å². The Morgan fingerprint density at radius 3 is 2.88 bits per heavy atom. The molecular weight excluding hydrogens is 302 g/mol. The largest absolute Gasteiger partial charge is 0.496 e. The van der Waals surface area contributed by atoms with Crippen LogP contribution in [0.5, 0.6) is 5.75 Å². The Morgan fingerprint density at radius 2 is 2.12 bits per heavy atom. The summed E-state index contributed by atoms with van der Waals surface area (Å²) in [5, 5.41) is 6.46. The molecule has 3 aliphatic rings. The quantitative estimate of drug-likeness (QED) is 0.853. The SMILES string of the molecule is COc1cc2c(cc1CN1CCN[C@@H](C(=O)NC3CC3)C1)CCC2. The number of nitrogens with one attached hydrogen (secondary N) is 2. The highest BCUT2D eigenvalue weighted by atomic mass is 16.5. The number of nitrogens with zero attached hydrogens (tertiary/aromatic N) is 1. The number of hydrogen-bond acceptors (Lipinski definition) is 4. The molecule has 5 heteroatoms. The zero-order valence-corrected chi connectivity index (χ0v) is 14.4. The zero-order valence-electron chi connectivity index (χ0n) is 14.4. The molecule has 4 rings (SSSR count). The summed E-state index contributed by atoms with van der Waals surface area (Å²) >= 11 is 0. The molecule has 1 saturated heterocycles. The van der Waals surface area contributed by atoms with E-state index in [9.17, 15) is 4.79 Å². The number of hydrogen-bond donors (Lipinski definition) is 2. The minimum atomic E-state index is -0.0974. The smallest absolute Gasteiger partial charge is 0.238 e. The molecule has 130 valence electrons. The van der Waals surface area contributed by atoms with E-state index in [1.54, 1.807) is 7.11 Å². The number of aryl methyl sites for hydroxylation is 2. The number of fused-ring (bicyclic) bond motifs is 1. The molecule has 2 aliphatic carbocycles. The van der Waals surface area contributed by atoms with Gasteiger partial charge in [0.2, 0.25) is 5.91 Å². The lowest BCUT2D eigenvalue weighted by Crippen LogP contribution is -2.57. The van der Waals surface area contributed by atoms with Crippen molar-refractivity contribution in [1.29, 1.82) is 0 Å². The predicted molar refractivity (Wildman–Crippen MR) is 93.3 cm³/mol. The topological polar surface area (TPSA) is 53.6 Å². The van der Waals surface area contributed by atoms with E-state index in [4.69, 9.17) is 4.74 Å². The predicted octanol–water partition coefficient (Wildman–Crippen LogP) is 1.24. The summed E-state index contributed by atoms with van der Waals surface area (Å²) in [6, 6.07) is 4.87. The van der Waals surface area contributed by atoms with Crippen molar-refractivity contribution in [1.82, 2.24) is 15.5 Å². The first-order chi connectivity index (χ1) is 11.7. The number of amides is 1. The second kappa shape index (κ2) is 6.73. The lowest BCUT2D eigenvalue weighted by molar-refractivity contribution is -0.124. The first-order valence-electron chi connectivity index (χ1n) is 9.17. The molecule has 1 aromatic rings. The number of benzene rings is 1. The number of carbonyl (C=O) groups excluding carboxylic acids is 1. The molecule has 1 amide bonds. The highest BCUT2D eigenvalue weighted by Crippen LogP contribution is 2.30. The molecular formula is C19H27N3O2. The molecule has 0 spiro atoms. The number of methoxy groups -OCH3 is 1. The minimum absolute atomic E-state index is 0.0974. The van der Waals surface area contributed by atoms with Gasteiger partial charge in [0.1, 0.15) is 5.75 Å².